The first kappa shape index (κ1) is 12.9. The number of hydrogen-bond acceptors (Lipinski definition) is 2. The summed E-state index contributed by atoms with van der Waals surface area (Å²) in [6.07, 6.45) is 0. The summed E-state index contributed by atoms with van der Waals surface area (Å²) in [5, 5.41) is 1.20. The summed E-state index contributed by atoms with van der Waals surface area (Å²) in [4.78, 5) is 3.31. The number of methoxy groups -OCH3 is 1. The van der Waals surface area contributed by atoms with Crippen molar-refractivity contribution >= 4 is 16.9 Å². The van der Waals surface area contributed by atoms with Gasteiger partial charge < -0.3 is 4.74 Å². The van der Waals surface area contributed by atoms with Crippen LogP contribution >= 0.6 is 11.8 Å². The van der Waals surface area contributed by atoms with Crippen LogP contribution in [0.5, 0.6) is 5.75 Å². The average Bonchev–Trinajstić information content (AvgIpc) is 2.25. The lowest BCUT2D eigenvalue weighted by Crippen LogP contribution is -2.26. The molecule has 88 valence electrons. The molecule has 0 N–H and O–H groups in total. The molecule has 0 aliphatic heterocycles. The molecular formula is C12H19N2OS+. The molecule has 1 aromatic rings. The Morgan fingerprint density at radius 2 is 1.75 bits per heavy atom. The van der Waals surface area contributed by atoms with Gasteiger partial charge in [-0.05, 0) is 36.0 Å². The summed E-state index contributed by atoms with van der Waals surface area (Å²) in [5.41, 5.74) is 0. The third kappa shape index (κ3) is 3.45. The Kier molecular flexibility index (Phi) is 4.68. The Morgan fingerprint density at radius 1 is 1.19 bits per heavy atom. The summed E-state index contributed by atoms with van der Waals surface area (Å²) in [6, 6.07) is 8.09. The van der Waals surface area contributed by atoms with Gasteiger partial charge in [0.25, 0.3) is 0 Å². The second-order valence-electron chi connectivity index (χ2n) is 3.85. The van der Waals surface area contributed by atoms with Crippen LogP contribution in [-0.2, 0) is 0 Å². The van der Waals surface area contributed by atoms with Crippen LogP contribution < -0.4 is 4.74 Å². The number of amidine groups is 1. The van der Waals surface area contributed by atoms with Crippen molar-refractivity contribution < 1.29 is 9.31 Å². The highest BCUT2D eigenvalue weighted by Crippen LogP contribution is 2.22. The van der Waals surface area contributed by atoms with E-state index in [0.29, 0.717) is 0 Å². The molecule has 1 aromatic carbocycles. The van der Waals surface area contributed by atoms with E-state index in [4.69, 9.17) is 4.74 Å². The molecule has 16 heavy (non-hydrogen) atoms. The summed E-state index contributed by atoms with van der Waals surface area (Å²) < 4.78 is 7.24. The van der Waals surface area contributed by atoms with Crippen LogP contribution in [0.25, 0.3) is 0 Å². The maximum Gasteiger partial charge on any atom is 0.312 e. The smallest absolute Gasteiger partial charge is 0.312 e. The molecule has 4 heteroatoms. The minimum Gasteiger partial charge on any atom is -0.497 e. The molecule has 0 aliphatic rings. The zero-order chi connectivity index (χ0) is 12.1. The second-order valence-corrected chi connectivity index (χ2v) is 4.89. The van der Waals surface area contributed by atoms with Gasteiger partial charge in [0.1, 0.15) is 5.75 Å². The summed E-state index contributed by atoms with van der Waals surface area (Å²) in [5.74, 6) is 0.889. The molecule has 0 heterocycles. The van der Waals surface area contributed by atoms with E-state index in [1.807, 2.05) is 40.3 Å². The number of rotatable bonds is 2. The van der Waals surface area contributed by atoms with Crippen molar-refractivity contribution in [3.8, 4) is 5.75 Å². The van der Waals surface area contributed by atoms with Crippen LogP contribution in [0, 0.1) is 0 Å². The predicted octanol–water partition coefficient (Wildman–Crippen LogP) is 1.98. The Balaban J connectivity index is 2.83. The molecule has 1 rings (SSSR count). The molecule has 3 nitrogen and oxygen atoms in total. The number of ether oxygens (including phenoxy) is 1. The molecule has 0 aromatic heterocycles. The van der Waals surface area contributed by atoms with E-state index in [1.165, 1.54) is 10.1 Å². The predicted molar refractivity (Wildman–Crippen MR) is 69.7 cm³/mol. The van der Waals surface area contributed by atoms with E-state index in [-0.39, 0.29) is 0 Å². The molecule has 0 unspecified atom stereocenters. The van der Waals surface area contributed by atoms with E-state index in [9.17, 15) is 0 Å². The summed E-state index contributed by atoms with van der Waals surface area (Å²) >= 11 is 1.74. The van der Waals surface area contributed by atoms with Crippen molar-refractivity contribution in [2.24, 2.45) is 0 Å². The Labute approximate surface area is 102 Å². The molecular weight excluding hydrogens is 220 g/mol. The third-order valence-electron chi connectivity index (χ3n) is 2.03. The van der Waals surface area contributed by atoms with Crippen LogP contribution in [-0.4, -0.2) is 49.9 Å². The Bertz CT molecular complexity index is 367. The Hall–Kier alpha value is -1.16. The first-order chi connectivity index (χ1) is 7.54. The quantitative estimate of drug-likeness (QED) is 0.340. The fourth-order valence-corrected chi connectivity index (χ4v) is 2.18. The van der Waals surface area contributed by atoms with Gasteiger partial charge in [-0.1, -0.05) is 0 Å². The first-order valence-electron chi connectivity index (χ1n) is 5.08. The molecule has 0 saturated carbocycles. The molecule has 0 atom stereocenters. The first-order valence-corrected chi connectivity index (χ1v) is 5.89. The van der Waals surface area contributed by atoms with Crippen LogP contribution in [0.2, 0.25) is 0 Å². The van der Waals surface area contributed by atoms with E-state index in [0.717, 1.165) is 5.75 Å². The highest BCUT2D eigenvalue weighted by Gasteiger charge is 2.13. The fraction of sp³-hybridized carbons (Fsp3) is 0.417. The molecule has 0 aliphatic carbocycles. The van der Waals surface area contributed by atoms with E-state index >= 15 is 0 Å². The standard InChI is InChI=1S/C12H19N2OS/c1-13(2)12(14(3)4)16-11-8-6-10(15-5)7-9-11/h6-9H,1-5H3/q+1. The number of benzene rings is 1. The van der Waals surface area contributed by atoms with E-state index in [2.05, 4.69) is 21.6 Å². The van der Waals surface area contributed by atoms with Crippen molar-refractivity contribution in [1.82, 2.24) is 4.90 Å². The van der Waals surface area contributed by atoms with Gasteiger partial charge in [-0.15, -0.1) is 0 Å². The number of hydrogen-bond donors (Lipinski definition) is 0. The van der Waals surface area contributed by atoms with Crippen molar-refractivity contribution in [3.63, 3.8) is 0 Å². The SMILES string of the molecule is COc1ccc(SC(N(C)C)=[N+](C)C)cc1. The summed E-state index contributed by atoms with van der Waals surface area (Å²) in [6.45, 7) is 0. The third-order valence-corrected chi connectivity index (χ3v) is 3.45. The van der Waals surface area contributed by atoms with Gasteiger partial charge in [0.05, 0.1) is 35.3 Å². The maximum absolute atomic E-state index is 5.13. The maximum atomic E-state index is 5.13. The van der Waals surface area contributed by atoms with Crippen molar-refractivity contribution in [1.29, 1.82) is 0 Å². The van der Waals surface area contributed by atoms with Crippen molar-refractivity contribution in [3.05, 3.63) is 24.3 Å². The zero-order valence-electron chi connectivity index (χ0n) is 10.5. The average molecular weight is 239 g/mol. The van der Waals surface area contributed by atoms with Gasteiger partial charge in [-0.2, -0.15) is 0 Å². The fourth-order valence-electron chi connectivity index (χ4n) is 1.33. The van der Waals surface area contributed by atoms with Crippen LogP contribution in [0.15, 0.2) is 29.2 Å². The zero-order valence-corrected chi connectivity index (χ0v) is 11.3. The Morgan fingerprint density at radius 3 is 2.12 bits per heavy atom. The molecule has 0 saturated heterocycles. The second kappa shape index (κ2) is 5.80. The van der Waals surface area contributed by atoms with Gasteiger partial charge in [-0.3, -0.25) is 9.48 Å². The van der Waals surface area contributed by atoms with Crippen LogP contribution in [0.3, 0.4) is 0 Å². The van der Waals surface area contributed by atoms with Gasteiger partial charge in [-0.25, -0.2) is 0 Å². The van der Waals surface area contributed by atoms with E-state index < -0.39 is 0 Å². The lowest BCUT2D eigenvalue weighted by Gasteiger charge is -2.10. The normalized spacial score (nSPS) is 9.81. The molecule has 0 amide bonds. The van der Waals surface area contributed by atoms with Crippen LogP contribution in [0.4, 0.5) is 0 Å². The highest BCUT2D eigenvalue weighted by molar-refractivity contribution is 8.13. The molecule has 0 radical (unpaired) electrons. The largest absolute Gasteiger partial charge is 0.497 e. The van der Waals surface area contributed by atoms with Crippen molar-refractivity contribution in [2.45, 2.75) is 4.90 Å². The van der Waals surface area contributed by atoms with Crippen LogP contribution in [0.1, 0.15) is 0 Å². The van der Waals surface area contributed by atoms with Crippen molar-refractivity contribution in [2.75, 3.05) is 35.3 Å². The molecule has 0 spiro atoms. The lowest BCUT2D eigenvalue weighted by molar-refractivity contribution is -0.466. The minimum absolute atomic E-state index is 0.889. The van der Waals surface area contributed by atoms with Gasteiger partial charge in [0, 0.05) is 4.90 Å². The number of thioether (sulfide) groups is 1. The van der Waals surface area contributed by atoms with Gasteiger partial charge in [0.15, 0.2) is 0 Å². The topological polar surface area (TPSA) is 15.5 Å². The molecule has 0 fully saturated rings. The number of nitrogens with zero attached hydrogens (tertiary/aromatic N) is 2. The van der Waals surface area contributed by atoms with Gasteiger partial charge >= 0.3 is 5.17 Å². The highest BCUT2D eigenvalue weighted by atomic mass is 32.2. The van der Waals surface area contributed by atoms with E-state index in [1.54, 1.807) is 18.9 Å². The van der Waals surface area contributed by atoms with Gasteiger partial charge in [0.2, 0.25) is 0 Å². The minimum atomic E-state index is 0.889. The lowest BCUT2D eigenvalue weighted by atomic mass is 10.3. The summed E-state index contributed by atoms with van der Waals surface area (Å²) in [7, 11) is 9.87. The molecule has 0 bridgehead atoms. The monoisotopic (exact) mass is 239 g/mol.